The molecule has 4 aliphatic heterocycles. The zero-order valence-electron chi connectivity index (χ0n) is 74.3. The van der Waals surface area contributed by atoms with Crippen LogP contribution in [0.25, 0.3) is 0 Å². The monoisotopic (exact) mass is 1880 g/mol. The zero-order chi connectivity index (χ0) is 95.6. The Morgan fingerprint density at radius 2 is 0.600 bits per heavy atom. The third-order valence-electron chi connectivity index (χ3n) is 20.5. The Bertz CT molecular complexity index is 3150. The average Bonchev–Trinajstić information content (AvgIpc) is 0.818. The molecule has 1 aliphatic carbocycles. The van der Waals surface area contributed by atoms with Gasteiger partial charge in [0.1, 0.15) is 130 Å². The maximum absolute atomic E-state index is 15.2. The molecular weight excluding hydrogens is 1740 g/mol. The lowest BCUT2D eigenvalue weighted by atomic mass is 9.86. The smallest absolute Gasteiger partial charge is 0.246 e. The second kappa shape index (κ2) is 63.3. The summed E-state index contributed by atoms with van der Waals surface area (Å²) in [5, 5.41) is 147. The van der Waals surface area contributed by atoms with E-state index in [9.17, 15) is 109 Å². The lowest BCUT2D eigenvalue weighted by molar-refractivity contribution is -0.272. The Labute approximate surface area is 751 Å². The fraction of sp³-hybridized carbons (Fsp3) is 0.859. The molecule has 750 valence electrons. The normalized spacial score (nSPS) is 27.7. The molecular formula is C78H138N12O40. The van der Waals surface area contributed by atoms with Crippen LogP contribution in [0.2, 0.25) is 0 Å². The fourth-order valence-electron chi connectivity index (χ4n) is 14.0. The number of hydrogen-bond donors (Lipinski definition) is 21. The van der Waals surface area contributed by atoms with Crippen LogP contribution in [0, 0.1) is 5.92 Å². The second-order valence-electron chi connectivity index (χ2n) is 30.9. The van der Waals surface area contributed by atoms with Gasteiger partial charge in [0.2, 0.25) is 65.0 Å². The SMILES string of the molecule is CC(=O)NC1C(OCCOCCOCCNC(=O)CN(CC(=O)NCCOCCOCCOC2OC(CO)C(O)C(O)C2NC(C)=O)C(=O)CCC(NC(=O)C2CCC(ON(C)C)CC2)C(=O)N(CC(=O)NCCOCCOCCOC2OC(CO)C(O)C(O)C2NC(C)=O)CC(=O)NCCOCCOCCOC2OC(CO)C(O)C(O)C2NC(C)=O)OC(CO)C(O)C1O. The van der Waals surface area contributed by atoms with Crippen molar-refractivity contribution in [3.8, 4) is 0 Å². The van der Waals surface area contributed by atoms with Gasteiger partial charge in [0.15, 0.2) is 25.2 Å². The van der Waals surface area contributed by atoms with Gasteiger partial charge < -0.3 is 195 Å². The molecule has 5 fully saturated rings. The first-order chi connectivity index (χ1) is 62.2. The van der Waals surface area contributed by atoms with Crippen molar-refractivity contribution in [1.29, 1.82) is 0 Å². The van der Waals surface area contributed by atoms with Gasteiger partial charge in [-0.2, -0.15) is 5.06 Å². The molecule has 21 unspecified atom stereocenters. The minimum Gasteiger partial charge on any atom is -0.394 e. The molecule has 11 amide bonds. The summed E-state index contributed by atoms with van der Waals surface area (Å²) in [6, 6.07) is -6.36. The van der Waals surface area contributed by atoms with Crippen LogP contribution >= 0.6 is 0 Å². The van der Waals surface area contributed by atoms with Crippen molar-refractivity contribution < 1.29 is 195 Å². The van der Waals surface area contributed by atoms with Crippen LogP contribution in [0.3, 0.4) is 0 Å². The van der Waals surface area contributed by atoms with Crippen molar-refractivity contribution in [3.63, 3.8) is 0 Å². The number of ether oxygens (including phenoxy) is 16. The minimum absolute atomic E-state index is 0.00121. The molecule has 5 aliphatic rings. The molecule has 130 heavy (non-hydrogen) atoms. The molecule has 5 rings (SSSR count). The highest BCUT2D eigenvalue weighted by Gasteiger charge is 2.50. The van der Waals surface area contributed by atoms with E-state index in [4.69, 9.17) is 80.6 Å². The van der Waals surface area contributed by atoms with Crippen LogP contribution in [0.1, 0.15) is 66.2 Å². The van der Waals surface area contributed by atoms with Crippen LogP contribution in [-0.2, 0) is 133 Å². The van der Waals surface area contributed by atoms with Gasteiger partial charge in [-0.1, -0.05) is 0 Å². The Morgan fingerprint density at radius 1 is 0.346 bits per heavy atom. The van der Waals surface area contributed by atoms with E-state index < -0.39 is 265 Å². The summed E-state index contributed by atoms with van der Waals surface area (Å²) in [4.78, 5) is 155. The van der Waals surface area contributed by atoms with E-state index in [-0.39, 0.29) is 164 Å². The summed E-state index contributed by atoms with van der Waals surface area (Å²) in [7, 11) is 3.41. The quantitative estimate of drug-likeness (QED) is 0.0199. The molecule has 0 aromatic carbocycles. The number of rotatable bonds is 64. The van der Waals surface area contributed by atoms with E-state index in [1.807, 2.05) is 0 Å². The van der Waals surface area contributed by atoms with Crippen molar-refractivity contribution in [2.75, 3.05) is 225 Å². The van der Waals surface area contributed by atoms with Crippen molar-refractivity contribution in [3.05, 3.63) is 0 Å². The number of amides is 11. The van der Waals surface area contributed by atoms with E-state index >= 15 is 4.79 Å². The molecule has 21 N–H and O–H groups in total. The minimum atomic E-state index is -1.66. The largest absolute Gasteiger partial charge is 0.394 e. The first-order valence-electron chi connectivity index (χ1n) is 43.2. The molecule has 0 spiro atoms. The highest BCUT2D eigenvalue weighted by molar-refractivity contribution is 5.95. The number of hydroxylamine groups is 2. The number of carbonyl (C=O) groups excluding carboxylic acids is 11. The summed E-state index contributed by atoms with van der Waals surface area (Å²) in [6.07, 6.45) is -22.0. The number of carbonyl (C=O) groups is 11. The molecule has 4 heterocycles. The summed E-state index contributed by atoms with van der Waals surface area (Å²) < 4.78 is 89.6. The molecule has 52 nitrogen and oxygen atoms in total. The highest BCUT2D eigenvalue weighted by atomic mass is 16.7. The summed E-state index contributed by atoms with van der Waals surface area (Å²) in [6.45, 7) is -2.57. The van der Waals surface area contributed by atoms with Gasteiger partial charge in [-0.05, 0) is 32.1 Å². The van der Waals surface area contributed by atoms with Gasteiger partial charge in [0, 0.05) is 80.3 Å². The molecule has 1 saturated carbocycles. The second-order valence-corrected chi connectivity index (χ2v) is 30.9. The maximum atomic E-state index is 15.2. The molecule has 21 atom stereocenters. The van der Waals surface area contributed by atoms with Gasteiger partial charge in [-0.15, -0.1) is 0 Å². The molecule has 52 heteroatoms. The highest BCUT2D eigenvalue weighted by Crippen LogP contribution is 2.29. The third kappa shape index (κ3) is 41.8. The van der Waals surface area contributed by atoms with Crippen molar-refractivity contribution in [2.45, 2.75) is 201 Å². The Hall–Kier alpha value is -7.03. The van der Waals surface area contributed by atoms with Gasteiger partial charge in [-0.3, -0.25) is 57.6 Å². The molecule has 0 aromatic heterocycles. The molecule has 0 radical (unpaired) electrons. The number of nitrogens with zero attached hydrogens (tertiary/aromatic N) is 3. The Balaban J connectivity index is 1.26. The van der Waals surface area contributed by atoms with Crippen LogP contribution in [-0.4, -0.2) is 501 Å². The zero-order valence-corrected chi connectivity index (χ0v) is 74.3. The summed E-state index contributed by atoms with van der Waals surface area (Å²) in [5.74, 6) is -8.55. The number of aliphatic hydroxyl groups excluding tert-OH is 12. The Kier molecular flexibility index (Phi) is 55.2. The van der Waals surface area contributed by atoms with E-state index in [2.05, 4.69) is 47.9 Å². The number of aliphatic hydroxyl groups is 12. The van der Waals surface area contributed by atoms with Crippen LogP contribution < -0.4 is 47.9 Å². The van der Waals surface area contributed by atoms with Crippen LogP contribution in [0.4, 0.5) is 0 Å². The predicted octanol–water partition coefficient (Wildman–Crippen LogP) is -13.6. The van der Waals surface area contributed by atoms with Gasteiger partial charge in [0.05, 0.1) is 165 Å². The first kappa shape index (κ1) is 113. The molecule has 0 bridgehead atoms. The van der Waals surface area contributed by atoms with Crippen LogP contribution in [0.15, 0.2) is 0 Å². The standard InChI is InChI=1S/C78H138N12O40/c1-45(95)83-61-69(108)65(104)52(41-91)126-75(61)122-33-29-118-25-21-114-17-13-79-56(99)37-89(38-57(100)80-14-18-115-22-26-119-30-34-123-76-62(84-46(2)96)70(109)66(105)53(42-92)127-76)60(103)12-11-51(87-73(112)49-7-9-50(10-8-49)130-88(5)6)74(113)90(39-58(101)81-15-19-116-23-27-120-31-35-124-77-63(85-47(3)97)71(110)67(106)54(43-93)128-77)40-59(102)82-16-20-117-24-28-121-32-36-125-78-64(86-48(4)98)72(111)68(107)55(44-94)129-78/h49-55,61-72,75-78,91-94,104-111H,7-44H2,1-6H3,(H,79,99)(H,80,100)(H,81,101)(H,82,102)(H,83,95)(H,84,96)(H,85,97)(H,86,98)(H,87,112). The first-order valence-corrected chi connectivity index (χ1v) is 43.2. The average molecular weight is 1880 g/mol. The molecule has 4 saturated heterocycles. The van der Waals surface area contributed by atoms with Crippen LogP contribution in [0.5, 0.6) is 0 Å². The van der Waals surface area contributed by atoms with Gasteiger partial charge in [0.25, 0.3) is 0 Å². The van der Waals surface area contributed by atoms with Crippen molar-refractivity contribution in [1.82, 2.24) is 62.7 Å². The van der Waals surface area contributed by atoms with E-state index in [1.165, 1.54) is 32.8 Å². The number of hydrogen-bond acceptors (Lipinski definition) is 41. The topological polar surface area (TPSA) is 705 Å². The lowest BCUT2D eigenvalue weighted by Crippen LogP contribution is -2.64. The summed E-state index contributed by atoms with van der Waals surface area (Å²) in [5.41, 5.74) is 0. The molecule has 0 aromatic rings. The fourth-order valence-corrected chi connectivity index (χ4v) is 14.0. The lowest BCUT2D eigenvalue weighted by Gasteiger charge is -2.42. The number of nitrogens with one attached hydrogen (secondary N) is 9. The summed E-state index contributed by atoms with van der Waals surface area (Å²) >= 11 is 0. The van der Waals surface area contributed by atoms with E-state index in [0.717, 1.165) is 9.80 Å². The van der Waals surface area contributed by atoms with Gasteiger partial charge >= 0.3 is 0 Å². The maximum Gasteiger partial charge on any atom is 0.246 e. The van der Waals surface area contributed by atoms with E-state index in [0.29, 0.717) is 25.7 Å². The Morgan fingerprint density at radius 3 is 0.854 bits per heavy atom. The van der Waals surface area contributed by atoms with Crippen molar-refractivity contribution in [2.24, 2.45) is 5.92 Å². The van der Waals surface area contributed by atoms with Gasteiger partial charge in [-0.25, -0.2) is 0 Å². The van der Waals surface area contributed by atoms with Crippen molar-refractivity contribution >= 4 is 65.0 Å². The third-order valence-corrected chi connectivity index (χ3v) is 20.5. The predicted molar refractivity (Wildman–Crippen MR) is 439 cm³/mol. The van der Waals surface area contributed by atoms with E-state index in [1.54, 1.807) is 14.1 Å².